The predicted octanol–water partition coefficient (Wildman–Crippen LogP) is 2.35. The van der Waals surface area contributed by atoms with Crippen LogP contribution in [0.25, 0.3) is 6.08 Å². The van der Waals surface area contributed by atoms with Crippen LogP contribution in [0.15, 0.2) is 17.7 Å². The molecule has 0 unspecified atom stereocenters. The summed E-state index contributed by atoms with van der Waals surface area (Å²) in [6.07, 6.45) is 2.05. The summed E-state index contributed by atoms with van der Waals surface area (Å²) in [5.41, 5.74) is 2.08. The van der Waals surface area contributed by atoms with E-state index in [4.69, 9.17) is 18.9 Å². The molecule has 0 spiro atoms. The van der Waals surface area contributed by atoms with Crippen molar-refractivity contribution in [2.75, 3.05) is 48.1 Å². The average Bonchev–Trinajstić information content (AvgIpc) is 2.51. The fourth-order valence-electron chi connectivity index (χ4n) is 1.93. The van der Waals surface area contributed by atoms with Gasteiger partial charge >= 0.3 is 0 Å². The van der Waals surface area contributed by atoms with Gasteiger partial charge in [-0.2, -0.15) is 0 Å². The van der Waals surface area contributed by atoms with Gasteiger partial charge in [0.15, 0.2) is 0 Å². The first-order chi connectivity index (χ1) is 10.2. The number of ether oxygens (including phenoxy) is 4. The van der Waals surface area contributed by atoms with Crippen molar-refractivity contribution in [2.45, 2.75) is 6.92 Å². The van der Waals surface area contributed by atoms with Crippen molar-refractivity contribution in [3.63, 3.8) is 0 Å². The number of hydrogen-bond donors (Lipinski definition) is 1. The number of methoxy groups -OCH3 is 4. The molecule has 0 radical (unpaired) electrons. The molecular formula is C16H25NO4. The van der Waals surface area contributed by atoms with Gasteiger partial charge in [-0.15, -0.1) is 0 Å². The van der Waals surface area contributed by atoms with Crippen LogP contribution in [-0.4, -0.2) is 48.1 Å². The monoisotopic (exact) mass is 295 g/mol. The molecular weight excluding hydrogens is 270 g/mol. The van der Waals surface area contributed by atoms with Crippen molar-refractivity contribution in [3.8, 4) is 17.2 Å². The van der Waals surface area contributed by atoms with Gasteiger partial charge in [0.05, 0.1) is 33.5 Å². The molecule has 0 aliphatic rings. The molecule has 1 rings (SSSR count). The summed E-state index contributed by atoms with van der Waals surface area (Å²) >= 11 is 0. The highest BCUT2D eigenvalue weighted by Gasteiger charge is 2.11. The largest absolute Gasteiger partial charge is 0.496 e. The van der Waals surface area contributed by atoms with E-state index in [2.05, 4.69) is 18.3 Å². The van der Waals surface area contributed by atoms with Gasteiger partial charge in [-0.3, -0.25) is 0 Å². The second kappa shape index (κ2) is 9.26. The van der Waals surface area contributed by atoms with Gasteiger partial charge in [0.25, 0.3) is 0 Å². The van der Waals surface area contributed by atoms with E-state index in [-0.39, 0.29) is 0 Å². The van der Waals surface area contributed by atoms with Gasteiger partial charge in [0.2, 0.25) is 0 Å². The first-order valence-electron chi connectivity index (χ1n) is 6.83. The molecule has 0 bridgehead atoms. The van der Waals surface area contributed by atoms with Crippen molar-refractivity contribution in [1.29, 1.82) is 0 Å². The number of hydrogen-bond acceptors (Lipinski definition) is 5. The maximum atomic E-state index is 5.43. The van der Waals surface area contributed by atoms with Gasteiger partial charge < -0.3 is 24.3 Å². The average molecular weight is 295 g/mol. The Bertz CT molecular complexity index is 446. The van der Waals surface area contributed by atoms with Crippen LogP contribution in [0.3, 0.4) is 0 Å². The van der Waals surface area contributed by atoms with Crippen molar-refractivity contribution in [3.05, 3.63) is 23.3 Å². The lowest BCUT2D eigenvalue weighted by Crippen LogP contribution is -2.20. The number of rotatable bonds is 9. The molecule has 0 aliphatic heterocycles. The Balaban J connectivity index is 2.94. The van der Waals surface area contributed by atoms with Crippen LogP contribution in [0.1, 0.15) is 12.5 Å². The summed E-state index contributed by atoms with van der Waals surface area (Å²) in [7, 11) is 6.58. The van der Waals surface area contributed by atoms with E-state index < -0.39 is 0 Å². The summed E-state index contributed by atoms with van der Waals surface area (Å²) in [5, 5.41) is 3.30. The summed E-state index contributed by atoms with van der Waals surface area (Å²) in [4.78, 5) is 0. The second-order valence-corrected chi connectivity index (χ2v) is 4.61. The van der Waals surface area contributed by atoms with Crippen LogP contribution in [0.2, 0.25) is 0 Å². The Kier molecular flexibility index (Phi) is 7.64. The van der Waals surface area contributed by atoms with E-state index in [9.17, 15) is 0 Å². The van der Waals surface area contributed by atoms with Crippen LogP contribution in [0.5, 0.6) is 17.2 Å². The van der Waals surface area contributed by atoms with Gasteiger partial charge in [-0.05, 0) is 13.0 Å². The summed E-state index contributed by atoms with van der Waals surface area (Å²) < 4.78 is 21.1. The third-order valence-electron chi connectivity index (χ3n) is 3.03. The second-order valence-electron chi connectivity index (χ2n) is 4.61. The minimum Gasteiger partial charge on any atom is -0.496 e. The topological polar surface area (TPSA) is 49.0 Å². The molecule has 5 nitrogen and oxygen atoms in total. The molecule has 5 heteroatoms. The van der Waals surface area contributed by atoms with Crippen molar-refractivity contribution < 1.29 is 18.9 Å². The van der Waals surface area contributed by atoms with E-state index in [0.717, 1.165) is 30.2 Å². The van der Waals surface area contributed by atoms with Crippen LogP contribution >= 0.6 is 0 Å². The number of nitrogens with one attached hydrogen (secondary N) is 1. The van der Waals surface area contributed by atoms with Crippen molar-refractivity contribution in [1.82, 2.24) is 5.32 Å². The highest BCUT2D eigenvalue weighted by atomic mass is 16.5. The van der Waals surface area contributed by atoms with Crippen molar-refractivity contribution >= 4 is 6.08 Å². The van der Waals surface area contributed by atoms with E-state index in [0.29, 0.717) is 12.4 Å². The summed E-state index contributed by atoms with van der Waals surface area (Å²) in [5.74, 6) is 2.15. The highest BCUT2D eigenvalue weighted by Crippen LogP contribution is 2.35. The zero-order chi connectivity index (χ0) is 15.7. The maximum Gasteiger partial charge on any atom is 0.133 e. The Labute approximate surface area is 126 Å². The molecule has 0 fully saturated rings. The molecule has 0 heterocycles. The Morgan fingerprint density at radius 3 is 2.14 bits per heavy atom. The Morgan fingerprint density at radius 2 is 1.67 bits per heavy atom. The lowest BCUT2D eigenvalue weighted by atomic mass is 10.1. The maximum absolute atomic E-state index is 5.43. The summed E-state index contributed by atoms with van der Waals surface area (Å²) in [6, 6.07) is 3.69. The predicted molar refractivity (Wildman–Crippen MR) is 84.5 cm³/mol. The smallest absolute Gasteiger partial charge is 0.133 e. The molecule has 0 atom stereocenters. The van der Waals surface area contributed by atoms with Crippen molar-refractivity contribution in [2.24, 2.45) is 0 Å². The van der Waals surface area contributed by atoms with Gasteiger partial charge in [-0.1, -0.05) is 5.57 Å². The molecule has 21 heavy (non-hydrogen) atoms. The fraction of sp³-hybridized carbons (Fsp3) is 0.500. The molecule has 1 aromatic rings. The lowest BCUT2D eigenvalue weighted by Gasteiger charge is -2.13. The fourth-order valence-corrected chi connectivity index (χ4v) is 1.93. The van der Waals surface area contributed by atoms with E-state index in [1.807, 2.05) is 12.1 Å². The minimum absolute atomic E-state index is 0.697. The minimum atomic E-state index is 0.697. The lowest BCUT2D eigenvalue weighted by molar-refractivity contribution is 0.200. The molecule has 0 amide bonds. The molecule has 1 aromatic carbocycles. The Hall–Kier alpha value is -1.72. The first kappa shape index (κ1) is 17.3. The molecule has 0 saturated heterocycles. The highest BCUT2D eigenvalue weighted by molar-refractivity contribution is 5.68. The zero-order valence-corrected chi connectivity index (χ0v) is 13.5. The van der Waals surface area contributed by atoms with Crippen LogP contribution < -0.4 is 19.5 Å². The SMILES string of the molecule is COCCNCC(C)=Cc1c(OC)cc(OC)cc1OC. The zero-order valence-electron chi connectivity index (χ0n) is 13.5. The standard InChI is InChI=1S/C16H25NO4/c1-12(11-17-6-7-18-2)8-14-15(20-4)9-13(19-3)10-16(14)21-5/h8-10,17H,6-7,11H2,1-5H3. The molecule has 0 aromatic heterocycles. The molecule has 118 valence electrons. The van der Waals surface area contributed by atoms with E-state index in [1.165, 1.54) is 5.57 Å². The van der Waals surface area contributed by atoms with E-state index in [1.54, 1.807) is 28.4 Å². The number of benzene rings is 1. The van der Waals surface area contributed by atoms with Gasteiger partial charge in [0.1, 0.15) is 17.2 Å². The Morgan fingerprint density at radius 1 is 1.05 bits per heavy atom. The van der Waals surface area contributed by atoms with Crippen LogP contribution in [0.4, 0.5) is 0 Å². The van der Waals surface area contributed by atoms with Crippen LogP contribution in [-0.2, 0) is 4.74 Å². The normalized spacial score (nSPS) is 11.4. The van der Waals surface area contributed by atoms with Gasteiger partial charge in [-0.25, -0.2) is 0 Å². The molecule has 0 aliphatic carbocycles. The molecule has 1 N–H and O–H groups in total. The van der Waals surface area contributed by atoms with E-state index >= 15 is 0 Å². The summed E-state index contributed by atoms with van der Waals surface area (Å²) in [6.45, 7) is 4.35. The third-order valence-corrected chi connectivity index (χ3v) is 3.03. The van der Waals surface area contributed by atoms with Crippen LogP contribution in [0, 0.1) is 0 Å². The quantitative estimate of drug-likeness (QED) is 0.709. The molecule has 0 saturated carbocycles. The van der Waals surface area contributed by atoms with Gasteiger partial charge in [0, 0.05) is 32.3 Å². The first-order valence-corrected chi connectivity index (χ1v) is 6.83. The third kappa shape index (κ3) is 5.28.